The van der Waals surface area contributed by atoms with Crippen LogP contribution in [0.15, 0.2) is 267 Å². The van der Waals surface area contributed by atoms with Gasteiger partial charge in [-0.3, -0.25) is 0 Å². The fourth-order valence-corrected chi connectivity index (χ4v) is 12.7. The second-order valence-corrected chi connectivity index (χ2v) is 20.0. The third-order valence-electron chi connectivity index (χ3n) is 15.9. The fraction of sp³-hybridized carbons (Fsp3) is 0.0571. The predicted molar refractivity (Wildman–Crippen MR) is 301 cm³/mol. The van der Waals surface area contributed by atoms with Crippen LogP contribution in [0, 0.1) is 0 Å². The Hall–Kier alpha value is -8.98. The highest BCUT2D eigenvalue weighted by Crippen LogP contribution is 2.65. The highest BCUT2D eigenvalue weighted by molar-refractivity contribution is 6.03. The molecule has 3 aliphatic rings. The molecule has 0 aliphatic heterocycles. The smallest absolute Gasteiger partial charge is 0.0727 e. The summed E-state index contributed by atoms with van der Waals surface area (Å²) in [6.07, 6.45) is 0. The molecule has 3 aliphatic carbocycles. The molecule has 0 amide bonds. The first-order chi connectivity index (χ1) is 35.5. The molecule has 340 valence electrons. The van der Waals surface area contributed by atoms with E-state index >= 15 is 0 Å². The van der Waals surface area contributed by atoms with Crippen molar-refractivity contribution in [3.8, 4) is 55.6 Å². The van der Waals surface area contributed by atoms with Crippen LogP contribution in [-0.2, 0) is 10.8 Å². The van der Waals surface area contributed by atoms with Gasteiger partial charge in [-0.1, -0.05) is 220 Å². The Morgan fingerprint density at radius 2 is 0.681 bits per heavy atom. The Kier molecular flexibility index (Phi) is 9.50. The molecule has 1 spiro atoms. The summed E-state index contributed by atoms with van der Waals surface area (Å²) >= 11 is 0. The summed E-state index contributed by atoms with van der Waals surface area (Å²) in [6.45, 7) is 4.76. The molecule has 0 aromatic heterocycles. The van der Waals surface area contributed by atoms with Crippen molar-refractivity contribution in [1.82, 2.24) is 0 Å². The van der Waals surface area contributed by atoms with E-state index in [2.05, 4.69) is 291 Å². The quantitative estimate of drug-likeness (QED) is 0.150. The number of rotatable bonds is 8. The van der Waals surface area contributed by atoms with Gasteiger partial charge in [-0.15, -0.1) is 0 Å². The number of hydrogen-bond acceptors (Lipinski definition) is 2. The topological polar surface area (TPSA) is 6.48 Å². The van der Waals surface area contributed by atoms with Gasteiger partial charge in [0.1, 0.15) is 0 Å². The molecule has 0 saturated heterocycles. The SMILES string of the molecule is CC1(C)c2ccccc2-c2ccc(N(c3ccccc3-c3ccccc3)c3cccc4c3-c3ccccc3C43c4ccccc4-c4ccc(N(c5ccccc5)c5ccc(-c6ccccc6)cc5)cc43)cc21. The summed E-state index contributed by atoms with van der Waals surface area (Å²) in [7, 11) is 0. The van der Waals surface area contributed by atoms with Gasteiger partial charge in [-0.2, -0.15) is 0 Å². The summed E-state index contributed by atoms with van der Waals surface area (Å²) < 4.78 is 0. The molecule has 1 unspecified atom stereocenters. The van der Waals surface area contributed by atoms with Gasteiger partial charge >= 0.3 is 0 Å². The van der Waals surface area contributed by atoms with Crippen molar-refractivity contribution in [2.75, 3.05) is 9.80 Å². The molecule has 0 radical (unpaired) electrons. The zero-order valence-electron chi connectivity index (χ0n) is 40.3. The van der Waals surface area contributed by atoms with Crippen molar-refractivity contribution in [2.45, 2.75) is 24.7 Å². The monoisotopic (exact) mass is 918 g/mol. The first-order valence-electron chi connectivity index (χ1n) is 25.2. The Bertz CT molecular complexity index is 3890. The third kappa shape index (κ3) is 6.15. The van der Waals surface area contributed by atoms with E-state index in [0.717, 1.165) is 34.1 Å². The summed E-state index contributed by atoms with van der Waals surface area (Å²) in [5.74, 6) is 0. The standard InChI is InChI=1S/C70H50N2/c1-69(2)60-31-16-12-28-55(60)57-43-42-53(45-64(57)69)72(66-35-19-15-27-54(66)49-23-8-4-9-24-49)67-36-20-34-63-68(67)59-30-14-18-33-62(59)70(63)61-32-17-13-29-56(61)58-44-41-52(46-65(58)70)71(50-25-10-5-11-26-50)51-39-37-48(38-40-51)47-21-6-3-7-22-47/h3-46H,1-2H3. The normalized spacial score (nSPS) is 15.0. The molecular weight excluding hydrogens is 869 g/mol. The second-order valence-electron chi connectivity index (χ2n) is 20.0. The van der Waals surface area contributed by atoms with Crippen molar-refractivity contribution in [2.24, 2.45) is 0 Å². The van der Waals surface area contributed by atoms with Gasteiger partial charge < -0.3 is 9.80 Å². The molecule has 0 saturated carbocycles. The third-order valence-corrected chi connectivity index (χ3v) is 15.9. The van der Waals surface area contributed by atoms with Crippen LogP contribution in [0.3, 0.4) is 0 Å². The van der Waals surface area contributed by atoms with Crippen LogP contribution in [0.2, 0.25) is 0 Å². The lowest BCUT2D eigenvalue weighted by Crippen LogP contribution is -2.26. The Morgan fingerprint density at radius 3 is 1.38 bits per heavy atom. The number of hydrogen-bond donors (Lipinski definition) is 0. The number of nitrogens with zero attached hydrogens (tertiary/aromatic N) is 2. The summed E-state index contributed by atoms with van der Waals surface area (Å²) in [5.41, 5.74) is 26.3. The molecule has 0 N–H and O–H groups in total. The van der Waals surface area contributed by atoms with Gasteiger partial charge in [0.15, 0.2) is 0 Å². The molecule has 1 atom stereocenters. The van der Waals surface area contributed by atoms with Gasteiger partial charge in [0.2, 0.25) is 0 Å². The van der Waals surface area contributed by atoms with Crippen LogP contribution in [0.1, 0.15) is 47.2 Å². The molecule has 2 heteroatoms. The van der Waals surface area contributed by atoms with Crippen molar-refractivity contribution >= 4 is 34.1 Å². The lowest BCUT2D eigenvalue weighted by atomic mass is 9.70. The van der Waals surface area contributed by atoms with Crippen molar-refractivity contribution < 1.29 is 0 Å². The molecule has 72 heavy (non-hydrogen) atoms. The van der Waals surface area contributed by atoms with Crippen molar-refractivity contribution in [3.05, 3.63) is 300 Å². The van der Waals surface area contributed by atoms with Crippen molar-refractivity contribution in [1.29, 1.82) is 0 Å². The zero-order valence-corrected chi connectivity index (χ0v) is 40.3. The summed E-state index contributed by atoms with van der Waals surface area (Å²) in [6, 6.07) is 99.1. The van der Waals surface area contributed by atoms with Crippen LogP contribution in [0.5, 0.6) is 0 Å². The van der Waals surface area contributed by atoms with Crippen LogP contribution in [-0.4, -0.2) is 0 Å². The number of benzene rings is 11. The number of para-hydroxylation sites is 2. The van der Waals surface area contributed by atoms with Crippen LogP contribution in [0.4, 0.5) is 34.1 Å². The maximum Gasteiger partial charge on any atom is 0.0727 e. The Labute approximate surface area is 422 Å². The number of anilines is 6. The maximum atomic E-state index is 2.56. The van der Waals surface area contributed by atoms with Gasteiger partial charge in [-0.05, 0) is 139 Å². The highest BCUT2D eigenvalue weighted by atomic mass is 15.2. The van der Waals surface area contributed by atoms with Crippen LogP contribution >= 0.6 is 0 Å². The second kappa shape index (κ2) is 16.3. The van der Waals surface area contributed by atoms with E-state index in [1.165, 1.54) is 89.0 Å². The number of fused-ring (bicyclic) bond motifs is 13. The minimum absolute atomic E-state index is 0.172. The van der Waals surface area contributed by atoms with E-state index in [4.69, 9.17) is 0 Å². The molecular formula is C70H50N2. The maximum absolute atomic E-state index is 2.56. The van der Waals surface area contributed by atoms with Gasteiger partial charge in [0.05, 0.1) is 16.8 Å². The average Bonchev–Trinajstić information content (AvgIpc) is 4.01. The molecule has 0 bridgehead atoms. The lowest BCUT2D eigenvalue weighted by Gasteiger charge is -2.33. The summed E-state index contributed by atoms with van der Waals surface area (Å²) in [4.78, 5) is 4.98. The van der Waals surface area contributed by atoms with E-state index in [1.54, 1.807) is 0 Å². The first-order valence-corrected chi connectivity index (χ1v) is 25.2. The fourth-order valence-electron chi connectivity index (χ4n) is 12.7. The zero-order chi connectivity index (χ0) is 48.0. The Balaban J connectivity index is 1.01. The molecule has 11 aromatic rings. The van der Waals surface area contributed by atoms with E-state index in [1.807, 2.05) is 0 Å². The molecule has 0 heterocycles. The highest BCUT2D eigenvalue weighted by Gasteiger charge is 2.53. The van der Waals surface area contributed by atoms with E-state index in [9.17, 15) is 0 Å². The summed E-state index contributed by atoms with van der Waals surface area (Å²) in [5, 5.41) is 0. The average molecular weight is 919 g/mol. The molecule has 0 fully saturated rings. The molecule has 11 aromatic carbocycles. The van der Waals surface area contributed by atoms with E-state index in [0.29, 0.717) is 0 Å². The van der Waals surface area contributed by atoms with Crippen LogP contribution in [0.25, 0.3) is 55.6 Å². The lowest BCUT2D eigenvalue weighted by molar-refractivity contribution is 0.660. The largest absolute Gasteiger partial charge is 0.310 e. The minimum atomic E-state index is -0.602. The predicted octanol–water partition coefficient (Wildman–Crippen LogP) is 18.6. The first kappa shape index (κ1) is 41.9. The van der Waals surface area contributed by atoms with E-state index < -0.39 is 5.41 Å². The van der Waals surface area contributed by atoms with Gasteiger partial charge in [0, 0.05) is 39.3 Å². The van der Waals surface area contributed by atoms with Crippen LogP contribution < -0.4 is 9.80 Å². The van der Waals surface area contributed by atoms with Gasteiger partial charge in [-0.25, -0.2) is 0 Å². The molecule has 14 rings (SSSR count). The minimum Gasteiger partial charge on any atom is -0.310 e. The van der Waals surface area contributed by atoms with Gasteiger partial charge in [0.25, 0.3) is 0 Å². The molecule has 2 nitrogen and oxygen atoms in total. The Morgan fingerprint density at radius 1 is 0.250 bits per heavy atom. The van der Waals surface area contributed by atoms with Crippen molar-refractivity contribution in [3.63, 3.8) is 0 Å². The van der Waals surface area contributed by atoms with E-state index in [-0.39, 0.29) is 5.41 Å².